The van der Waals surface area contributed by atoms with Crippen LogP contribution in [0.25, 0.3) is 0 Å². The first-order valence-corrected chi connectivity index (χ1v) is 9.87. The van der Waals surface area contributed by atoms with Crippen LogP contribution in [0.3, 0.4) is 0 Å². The summed E-state index contributed by atoms with van der Waals surface area (Å²) in [6.07, 6.45) is 5.20. The summed E-state index contributed by atoms with van der Waals surface area (Å²) >= 11 is 0. The van der Waals surface area contributed by atoms with Crippen LogP contribution in [-0.2, 0) is 14.4 Å². The van der Waals surface area contributed by atoms with Crippen LogP contribution < -0.4 is 10.6 Å². The Kier molecular flexibility index (Phi) is 10.8. The molecule has 6 nitrogen and oxygen atoms in total. The number of anilines is 1. The molecule has 1 rings (SSSR count). The molecule has 0 fully saturated rings. The fourth-order valence-electron chi connectivity index (χ4n) is 2.58. The number of hydrogen-bond donors (Lipinski definition) is 2. The van der Waals surface area contributed by atoms with Crippen molar-refractivity contribution in [3.05, 3.63) is 29.8 Å². The van der Waals surface area contributed by atoms with Gasteiger partial charge in [0, 0.05) is 18.7 Å². The number of nitrogens with zero attached hydrogens (tertiary/aromatic N) is 1. The van der Waals surface area contributed by atoms with Gasteiger partial charge >= 0.3 is 0 Å². The third-order valence-electron chi connectivity index (χ3n) is 4.24. The van der Waals surface area contributed by atoms with Crippen molar-refractivity contribution in [2.45, 2.75) is 59.3 Å². The minimum absolute atomic E-state index is 0.00275. The lowest BCUT2D eigenvalue weighted by molar-refractivity contribution is -0.136. The van der Waals surface area contributed by atoms with Gasteiger partial charge in [-0.25, -0.2) is 0 Å². The largest absolute Gasteiger partial charge is 0.345 e. The van der Waals surface area contributed by atoms with E-state index in [4.69, 9.17) is 0 Å². The summed E-state index contributed by atoms with van der Waals surface area (Å²) in [5.74, 6) is -0.591. The molecule has 6 heteroatoms. The number of amides is 3. The van der Waals surface area contributed by atoms with E-state index in [1.807, 2.05) is 31.2 Å². The topological polar surface area (TPSA) is 78.5 Å². The Morgan fingerprint density at radius 3 is 2.22 bits per heavy atom. The summed E-state index contributed by atoms with van der Waals surface area (Å²) in [7, 11) is 0. The first-order chi connectivity index (χ1) is 13.0. The summed E-state index contributed by atoms with van der Waals surface area (Å²) in [4.78, 5) is 38.1. The quantitative estimate of drug-likeness (QED) is 0.551. The molecule has 0 bridgehead atoms. The van der Waals surface area contributed by atoms with E-state index in [9.17, 15) is 14.4 Å². The normalized spacial score (nSPS) is 10.3. The Labute approximate surface area is 162 Å². The highest BCUT2D eigenvalue weighted by Gasteiger charge is 2.16. The predicted octanol–water partition coefficient (Wildman–Crippen LogP) is 3.26. The van der Waals surface area contributed by atoms with Crippen molar-refractivity contribution < 1.29 is 14.4 Å². The van der Waals surface area contributed by atoms with E-state index in [-0.39, 0.29) is 30.8 Å². The van der Waals surface area contributed by atoms with Crippen LogP contribution in [0.2, 0.25) is 0 Å². The van der Waals surface area contributed by atoms with Crippen LogP contribution in [-0.4, -0.2) is 42.3 Å². The maximum Gasteiger partial charge on any atom is 0.243 e. The Morgan fingerprint density at radius 2 is 1.59 bits per heavy atom. The molecule has 0 aromatic heterocycles. The molecule has 0 spiro atoms. The smallest absolute Gasteiger partial charge is 0.243 e. The minimum Gasteiger partial charge on any atom is -0.345 e. The van der Waals surface area contributed by atoms with E-state index < -0.39 is 0 Å². The molecule has 150 valence electrons. The molecule has 0 saturated heterocycles. The first kappa shape index (κ1) is 22.7. The standard InChI is InChI=1S/C21H33N3O3/c1-4-6-8-9-21(27)24(14-7-5-2)16-20(26)22-15-19(25)23-18-12-10-17(3)11-13-18/h10-13H,4-9,14-16H2,1-3H3,(H,22,26)(H,23,25). The lowest BCUT2D eigenvalue weighted by atomic mass is 10.2. The van der Waals surface area contributed by atoms with Gasteiger partial charge < -0.3 is 15.5 Å². The predicted molar refractivity (Wildman–Crippen MR) is 108 cm³/mol. The van der Waals surface area contributed by atoms with Gasteiger partial charge in [0.05, 0.1) is 13.1 Å². The number of carbonyl (C=O) groups excluding carboxylic acids is 3. The summed E-state index contributed by atoms with van der Waals surface area (Å²) < 4.78 is 0. The summed E-state index contributed by atoms with van der Waals surface area (Å²) in [5, 5.41) is 5.33. The fourth-order valence-corrected chi connectivity index (χ4v) is 2.58. The summed E-state index contributed by atoms with van der Waals surface area (Å²) in [5.41, 5.74) is 1.80. The van der Waals surface area contributed by atoms with Gasteiger partial charge in [-0.3, -0.25) is 14.4 Å². The average molecular weight is 376 g/mol. The molecule has 0 unspecified atom stereocenters. The van der Waals surface area contributed by atoms with E-state index in [1.165, 1.54) is 0 Å². The zero-order valence-corrected chi connectivity index (χ0v) is 16.8. The van der Waals surface area contributed by atoms with Crippen molar-refractivity contribution in [1.82, 2.24) is 10.2 Å². The number of hydrogen-bond acceptors (Lipinski definition) is 3. The van der Waals surface area contributed by atoms with Gasteiger partial charge in [-0.2, -0.15) is 0 Å². The molecular formula is C21H33N3O3. The van der Waals surface area contributed by atoms with Gasteiger partial charge in [-0.15, -0.1) is 0 Å². The van der Waals surface area contributed by atoms with Crippen LogP contribution in [0.1, 0.15) is 57.9 Å². The second kappa shape index (κ2) is 12.9. The van der Waals surface area contributed by atoms with Gasteiger partial charge in [0.1, 0.15) is 0 Å². The van der Waals surface area contributed by atoms with Gasteiger partial charge in [-0.05, 0) is 31.9 Å². The van der Waals surface area contributed by atoms with Crippen LogP contribution in [0.4, 0.5) is 5.69 Å². The van der Waals surface area contributed by atoms with E-state index >= 15 is 0 Å². The summed E-state index contributed by atoms with van der Waals surface area (Å²) in [6, 6.07) is 7.45. The zero-order chi connectivity index (χ0) is 20.1. The molecule has 1 aromatic rings. The molecule has 0 aliphatic heterocycles. The lowest BCUT2D eigenvalue weighted by Crippen LogP contribution is -2.43. The SMILES string of the molecule is CCCCCC(=O)N(CCCC)CC(=O)NCC(=O)Nc1ccc(C)cc1. The number of rotatable bonds is 12. The molecule has 0 heterocycles. The van der Waals surface area contributed by atoms with Crippen molar-refractivity contribution in [3.63, 3.8) is 0 Å². The highest BCUT2D eigenvalue weighted by molar-refractivity contribution is 5.95. The maximum atomic E-state index is 12.3. The van der Waals surface area contributed by atoms with Crippen LogP contribution in [0.5, 0.6) is 0 Å². The van der Waals surface area contributed by atoms with Gasteiger partial charge in [0.2, 0.25) is 17.7 Å². The molecule has 1 aromatic carbocycles. The Balaban J connectivity index is 2.43. The minimum atomic E-state index is -0.311. The fraction of sp³-hybridized carbons (Fsp3) is 0.571. The molecule has 0 aliphatic rings. The zero-order valence-electron chi connectivity index (χ0n) is 16.8. The van der Waals surface area contributed by atoms with Crippen molar-refractivity contribution >= 4 is 23.4 Å². The van der Waals surface area contributed by atoms with Crippen molar-refractivity contribution in [2.75, 3.05) is 25.0 Å². The van der Waals surface area contributed by atoms with Gasteiger partial charge in [0.15, 0.2) is 0 Å². The van der Waals surface area contributed by atoms with E-state index in [1.54, 1.807) is 4.90 Å². The molecule has 0 saturated carbocycles. The monoisotopic (exact) mass is 375 g/mol. The number of nitrogens with one attached hydrogen (secondary N) is 2. The second-order valence-electron chi connectivity index (χ2n) is 6.82. The molecule has 0 atom stereocenters. The van der Waals surface area contributed by atoms with Crippen molar-refractivity contribution in [1.29, 1.82) is 0 Å². The molecule has 3 amide bonds. The van der Waals surface area contributed by atoms with Crippen LogP contribution in [0.15, 0.2) is 24.3 Å². The van der Waals surface area contributed by atoms with Gasteiger partial charge in [0.25, 0.3) is 0 Å². The molecule has 0 radical (unpaired) electrons. The Morgan fingerprint density at radius 1 is 0.926 bits per heavy atom. The highest BCUT2D eigenvalue weighted by atomic mass is 16.2. The molecule has 0 aliphatic carbocycles. The highest BCUT2D eigenvalue weighted by Crippen LogP contribution is 2.08. The third kappa shape index (κ3) is 9.78. The maximum absolute atomic E-state index is 12.3. The number of unbranched alkanes of at least 4 members (excludes halogenated alkanes) is 3. The van der Waals surface area contributed by atoms with Crippen LogP contribution >= 0.6 is 0 Å². The third-order valence-corrected chi connectivity index (χ3v) is 4.24. The molecule has 27 heavy (non-hydrogen) atoms. The van der Waals surface area contributed by atoms with Crippen molar-refractivity contribution in [2.24, 2.45) is 0 Å². The van der Waals surface area contributed by atoms with Crippen molar-refractivity contribution in [3.8, 4) is 0 Å². The lowest BCUT2D eigenvalue weighted by Gasteiger charge is -2.22. The number of benzene rings is 1. The first-order valence-electron chi connectivity index (χ1n) is 9.87. The second-order valence-corrected chi connectivity index (χ2v) is 6.82. The van der Waals surface area contributed by atoms with E-state index in [0.717, 1.165) is 37.7 Å². The van der Waals surface area contributed by atoms with E-state index in [2.05, 4.69) is 24.5 Å². The molecular weight excluding hydrogens is 342 g/mol. The van der Waals surface area contributed by atoms with E-state index in [0.29, 0.717) is 18.7 Å². The number of carbonyl (C=O) groups is 3. The Bertz CT molecular complexity index is 599. The number of aryl methyl sites for hydroxylation is 1. The average Bonchev–Trinajstić information content (AvgIpc) is 2.65. The Hall–Kier alpha value is -2.37. The summed E-state index contributed by atoms with van der Waals surface area (Å²) in [6.45, 7) is 6.58. The van der Waals surface area contributed by atoms with Gasteiger partial charge in [-0.1, -0.05) is 50.8 Å². The van der Waals surface area contributed by atoms with Crippen LogP contribution in [0, 0.1) is 6.92 Å². The molecule has 2 N–H and O–H groups in total.